The predicted octanol–water partition coefficient (Wildman–Crippen LogP) is 1.87. The molecule has 0 fully saturated rings. The molecule has 0 saturated carbocycles. The molecule has 1 aromatic rings. The minimum absolute atomic E-state index is 0. The van der Waals surface area contributed by atoms with Crippen molar-refractivity contribution in [3.63, 3.8) is 0 Å². The Balaban J connectivity index is 0.00000180. The molecule has 1 aromatic carbocycles. The van der Waals surface area contributed by atoms with E-state index in [1.165, 1.54) is 0 Å². The fourth-order valence-electron chi connectivity index (χ4n) is 1.76. The molecule has 0 aliphatic carbocycles. The summed E-state index contributed by atoms with van der Waals surface area (Å²) in [4.78, 5) is 11.8. The topological polar surface area (TPSA) is 67.0 Å². The first-order valence-corrected chi connectivity index (χ1v) is 5.88. The van der Waals surface area contributed by atoms with Crippen LogP contribution < -0.4 is 5.32 Å². The Morgan fingerprint density at radius 2 is 2.11 bits per heavy atom. The van der Waals surface area contributed by atoms with E-state index in [-0.39, 0.29) is 44.7 Å². The second kappa shape index (κ2) is 8.21. The molecule has 1 amide bonds. The number of benzene rings is 1. The maximum Gasteiger partial charge on any atom is 0.202 e. The number of nitrogens with one attached hydrogen (secondary N) is 1. The number of hydrogen-bond donors (Lipinski definition) is 1. The first-order valence-electron chi connectivity index (χ1n) is 5.88. The van der Waals surface area contributed by atoms with Crippen LogP contribution in [0.25, 0.3) is 5.32 Å². The molecular weight excluding hydrogens is 315 g/mol. The normalized spacial score (nSPS) is 17.1. The summed E-state index contributed by atoms with van der Waals surface area (Å²) in [5.74, 6) is -0.0382. The smallest absolute Gasteiger partial charge is 0.202 e. The predicted molar refractivity (Wildman–Crippen MR) is 68.8 cm³/mol. The van der Waals surface area contributed by atoms with Gasteiger partial charge in [-0.15, -0.1) is 12.6 Å². The molecule has 19 heavy (non-hydrogen) atoms. The van der Waals surface area contributed by atoms with Crippen LogP contribution in [0.3, 0.4) is 0 Å². The monoisotopic (exact) mass is 329 g/mol. The second-order valence-corrected chi connectivity index (χ2v) is 4.11. The number of carbonyl (C=O) groups is 1. The van der Waals surface area contributed by atoms with Gasteiger partial charge in [-0.2, -0.15) is 5.26 Å². The van der Waals surface area contributed by atoms with Crippen LogP contribution >= 0.6 is 0 Å². The van der Waals surface area contributed by atoms with Crippen LogP contribution in [0.4, 0.5) is 0 Å². The Labute approximate surface area is 138 Å². The van der Waals surface area contributed by atoms with Crippen LogP contribution in [0.1, 0.15) is 17.5 Å². The van der Waals surface area contributed by atoms with Crippen molar-refractivity contribution in [2.24, 2.45) is 0 Å². The molecule has 1 radical (unpaired) electrons. The van der Waals surface area contributed by atoms with Gasteiger partial charge in [0.25, 0.3) is 0 Å². The molecule has 2 rings (SSSR count). The minimum atomic E-state index is -0.256. The third-order valence-corrected chi connectivity index (χ3v) is 2.81. The van der Waals surface area contributed by atoms with Gasteiger partial charge in [0.1, 0.15) is 0 Å². The SMILES string of the molecule is N#Cc1ccc(CNC(=O)C2CC=CC[N-]2)cc1.[Y]. The molecule has 1 atom stereocenters. The molecule has 1 N–H and O–H groups in total. The molecule has 95 valence electrons. The molecule has 0 bridgehead atoms. The third-order valence-electron chi connectivity index (χ3n) is 2.81. The Bertz CT molecular complexity index is 490. The molecule has 5 heteroatoms. The second-order valence-electron chi connectivity index (χ2n) is 4.11. The van der Waals surface area contributed by atoms with E-state index in [4.69, 9.17) is 5.26 Å². The summed E-state index contributed by atoms with van der Waals surface area (Å²) >= 11 is 0. The number of rotatable bonds is 3. The van der Waals surface area contributed by atoms with Gasteiger partial charge in [0.15, 0.2) is 0 Å². The van der Waals surface area contributed by atoms with E-state index < -0.39 is 0 Å². The molecule has 0 aromatic heterocycles. The fourth-order valence-corrected chi connectivity index (χ4v) is 1.76. The van der Waals surface area contributed by atoms with Crippen molar-refractivity contribution in [2.45, 2.75) is 19.0 Å². The zero-order valence-electron chi connectivity index (χ0n) is 10.5. The summed E-state index contributed by atoms with van der Waals surface area (Å²) in [5.41, 5.74) is 1.60. The van der Waals surface area contributed by atoms with Crippen molar-refractivity contribution >= 4 is 5.91 Å². The number of hydrogen-bond acceptors (Lipinski definition) is 2. The van der Waals surface area contributed by atoms with Crippen molar-refractivity contribution < 1.29 is 37.5 Å². The van der Waals surface area contributed by atoms with Crippen LogP contribution in [0.5, 0.6) is 0 Å². The number of carbonyl (C=O) groups excluding carboxylic acids is 1. The summed E-state index contributed by atoms with van der Waals surface area (Å²) in [6.07, 6.45) is 4.63. The summed E-state index contributed by atoms with van der Waals surface area (Å²) < 4.78 is 0. The largest absolute Gasteiger partial charge is 0.648 e. The average Bonchev–Trinajstić information content (AvgIpc) is 2.46. The third kappa shape index (κ3) is 4.87. The summed E-state index contributed by atoms with van der Waals surface area (Å²) in [5, 5.41) is 15.8. The number of amides is 1. The maximum atomic E-state index is 11.8. The van der Waals surface area contributed by atoms with Crippen molar-refractivity contribution in [3.05, 3.63) is 52.9 Å². The van der Waals surface area contributed by atoms with E-state index in [9.17, 15) is 4.79 Å². The fraction of sp³-hybridized carbons (Fsp3) is 0.286. The van der Waals surface area contributed by atoms with Crippen molar-refractivity contribution in [1.29, 1.82) is 5.26 Å². The molecule has 4 nitrogen and oxygen atoms in total. The molecule has 1 aliphatic rings. The van der Waals surface area contributed by atoms with E-state index >= 15 is 0 Å². The van der Waals surface area contributed by atoms with Crippen LogP contribution in [0.15, 0.2) is 36.4 Å². The summed E-state index contributed by atoms with van der Waals surface area (Å²) in [7, 11) is 0. The van der Waals surface area contributed by atoms with Gasteiger partial charge in [0.05, 0.1) is 11.6 Å². The van der Waals surface area contributed by atoms with Crippen LogP contribution in [-0.2, 0) is 44.0 Å². The van der Waals surface area contributed by atoms with Crippen LogP contribution in [-0.4, -0.2) is 18.5 Å². The summed E-state index contributed by atoms with van der Waals surface area (Å²) in [6, 6.07) is 8.98. The molecule has 0 saturated heterocycles. The van der Waals surface area contributed by atoms with E-state index in [0.717, 1.165) is 5.56 Å². The molecular formula is C14H14N3OY-. The average molecular weight is 329 g/mol. The van der Waals surface area contributed by atoms with Crippen molar-refractivity contribution in [1.82, 2.24) is 5.32 Å². The number of nitriles is 1. The zero-order valence-corrected chi connectivity index (χ0v) is 13.4. The van der Waals surface area contributed by atoms with E-state index in [1.54, 1.807) is 12.1 Å². The van der Waals surface area contributed by atoms with Gasteiger partial charge in [-0.3, -0.25) is 4.79 Å². The van der Waals surface area contributed by atoms with E-state index in [0.29, 0.717) is 25.1 Å². The van der Waals surface area contributed by atoms with Gasteiger partial charge in [0, 0.05) is 39.3 Å². The maximum absolute atomic E-state index is 11.8. The van der Waals surface area contributed by atoms with Gasteiger partial charge < -0.3 is 10.6 Å². The van der Waals surface area contributed by atoms with Gasteiger partial charge in [-0.1, -0.05) is 24.3 Å². The summed E-state index contributed by atoms with van der Waals surface area (Å²) in [6.45, 7) is 1.09. The van der Waals surface area contributed by atoms with E-state index in [1.807, 2.05) is 24.3 Å². The van der Waals surface area contributed by atoms with Crippen molar-refractivity contribution in [3.8, 4) is 6.07 Å². The quantitative estimate of drug-likeness (QED) is 0.861. The zero-order chi connectivity index (χ0) is 12.8. The van der Waals surface area contributed by atoms with Gasteiger partial charge >= 0.3 is 0 Å². The Morgan fingerprint density at radius 3 is 2.68 bits per heavy atom. The van der Waals surface area contributed by atoms with Gasteiger partial charge in [-0.05, 0) is 24.1 Å². The number of nitrogens with zero attached hydrogens (tertiary/aromatic N) is 2. The Morgan fingerprint density at radius 1 is 1.37 bits per heavy atom. The van der Waals surface area contributed by atoms with E-state index in [2.05, 4.69) is 16.7 Å². The minimum Gasteiger partial charge on any atom is -0.648 e. The molecule has 0 spiro atoms. The standard InChI is InChI=1S/C14H14N3O.Y/c15-9-11-4-6-12(7-5-11)10-17-14(18)13-3-1-2-8-16-13;/h1-2,4-7,13H,3,8,10H2,(H,17,18);/q-1;. The first kappa shape index (κ1) is 16.0. The van der Waals surface area contributed by atoms with Crippen LogP contribution in [0, 0.1) is 11.3 Å². The molecule has 1 aliphatic heterocycles. The Hall–Kier alpha value is -1.02. The van der Waals surface area contributed by atoms with Gasteiger partial charge in [-0.25, -0.2) is 0 Å². The van der Waals surface area contributed by atoms with Crippen molar-refractivity contribution in [2.75, 3.05) is 6.54 Å². The first-order chi connectivity index (χ1) is 8.79. The Kier molecular flexibility index (Phi) is 6.93. The van der Waals surface area contributed by atoms with Crippen LogP contribution in [0.2, 0.25) is 0 Å². The molecule has 1 unspecified atom stereocenters. The van der Waals surface area contributed by atoms with Gasteiger partial charge in [0.2, 0.25) is 5.91 Å². The molecule has 1 heterocycles.